The van der Waals surface area contributed by atoms with Gasteiger partial charge in [0, 0.05) is 12.8 Å². The molecule has 0 aromatic heterocycles. The van der Waals surface area contributed by atoms with E-state index in [1.807, 2.05) is 0 Å². The summed E-state index contributed by atoms with van der Waals surface area (Å²) in [4.78, 5) is 21.7. The average Bonchev–Trinajstić information content (AvgIpc) is 2.76. The lowest BCUT2D eigenvalue weighted by atomic mass is 9.89. The highest BCUT2D eigenvalue weighted by atomic mass is 16.5. The van der Waals surface area contributed by atoms with E-state index in [4.69, 9.17) is 9.84 Å². The van der Waals surface area contributed by atoms with Crippen LogP contribution in [-0.2, 0) is 14.3 Å². The van der Waals surface area contributed by atoms with Crippen molar-refractivity contribution in [2.75, 3.05) is 6.61 Å². The van der Waals surface area contributed by atoms with E-state index in [2.05, 4.69) is 34.6 Å². The minimum atomic E-state index is -0.675. The molecular weight excluding hydrogens is 424 g/mol. The number of carbonyl (C=O) groups is 2. The maximum atomic E-state index is 11.6. The predicted molar refractivity (Wildman–Crippen MR) is 146 cm³/mol. The number of carboxylic acids is 1. The van der Waals surface area contributed by atoms with Crippen LogP contribution in [0.5, 0.6) is 0 Å². The van der Waals surface area contributed by atoms with Crippen LogP contribution in [0.15, 0.2) is 0 Å². The van der Waals surface area contributed by atoms with E-state index in [-0.39, 0.29) is 5.97 Å². The molecule has 0 aromatic carbocycles. The number of hydrogen-bond donors (Lipinski definition) is 1. The molecule has 4 nitrogen and oxygen atoms in total. The highest BCUT2D eigenvalue weighted by Gasteiger charge is 2.09. The lowest BCUT2D eigenvalue weighted by molar-refractivity contribution is -0.144. The van der Waals surface area contributed by atoms with Gasteiger partial charge in [0.1, 0.15) is 0 Å². The predicted octanol–water partition coefficient (Wildman–Crippen LogP) is 9.88. The van der Waals surface area contributed by atoms with Gasteiger partial charge in [0.05, 0.1) is 6.61 Å². The first kappa shape index (κ1) is 35.1. The van der Waals surface area contributed by atoms with Crippen molar-refractivity contribution >= 4 is 11.9 Å². The van der Waals surface area contributed by atoms with Gasteiger partial charge in [0.15, 0.2) is 0 Å². The Bertz CT molecular complexity index is 440. The van der Waals surface area contributed by atoms with Crippen molar-refractivity contribution in [3.63, 3.8) is 0 Å². The summed E-state index contributed by atoms with van der Waals surface area (Å²) in [6.07, 6.45) is 24.2. The van der Waals surface area contributed by atoms with E-state index in [1.54, 1.807) is 0 Å². The van der Waals surface area contributed by atoms with Crippen LogP contribution in [0.3, 0.4) is 0 Å². The number of rotatable bonds is 22. The van der Waals surface area contributed by atoms with Crippen LogP contribution in [0.25, 0.3) is 0 Å². The van der Waals surface area contributed by atoms with Gasteiger partial charge < -0.3 is 9.84 Å². The van der Waals surface area contributed by atoms with Gasteiger partial charge in [-0.2, -0.15) is 0 Å². The van der Waals surface area contributed by atoms with Gasteiger partial charge in [-0.25, -0.2) is 0 Å². The lowest BCUT2D eigenvalue weighted by Crippen LogP contribution is -2.05. The van der Waals surface area contributed by atoms with Crippen LogP contribution in [0.1, 0.15) is 169 Å². The van der Waals surface area contributed by atoms with Gasteiger partial charge in [-0.1, -0.05) is 131 Å². The third-order valence-electron chi connectivity index (χ3n) is 6.06. The molecule has 0 fully saturated rings. The molecule has 204 valence electrons. The van der Waals surface area contributed by atoms with Crippen LogP contribution < -0.4 is 0 Å². The van der Waals surface area contributed by atoms with Crippen molar-refractivity contribution in [3.05, 3.63) is 0 Å². The SMILES string of the molecule is CC(C)(C)CCCCCC(=O)O.CCCCCCCCCCCC(=O)OCCCCCCCC. The summed E-state index contributed by atoms with van der Waals surface area (Å²) in [5, 5.41) is 8.37. The molecule has 4 heteroatoms. The van der Waals surface area contributed by atoms with Gasteiger partial charge >= 0.3 is 11.9 Å². The van der Waals surface area contributed by atoms with Crippen molar-refractivity contribution in [1.29, 1.82) is 0 Å². The van der Waals surface area contributed by atoms with Gasteiger partial charge in [-0.15, -0.1) is 0 Å². The van der Waals surface area contributed by atoms with E-state index in [9.17, 15) is 9.59 Å². The Hall–Kier alpha value is -1.06. The summed E-state index contributed by atoms with van der Waals surface area (Å²) in [6, 6.07) is 0. The smallest absolute Gasteiger partial charge is 0.305 e. The largest absolute Gasteiger partial charge is 0.481 e. The molecule has 0 spiro atoms. The monoisotopic (exact) mass is 484 g/mol. The Morgan fingerprint density at radius 2 is 1.00 bits per heavy atom. The van der Waals surface area contributed by atoms with Crippen molar-refractivity contribution in [2.24, 2.45) is 5.41 Å². The number of ether oxygens (including phenoxy) is 1. The van der Waals surface area contributed by atoms with Gasteiger partial charge in [0.25, 0.3) is 0 Å². The first-order chi connectivity index (χ1) is 16.2. The van der Waals surface area contributed by atoms with E-state index < -0.39 is 5.97 Å². The average molecular weight is 485 g/mol. The zero-order chi connectivity index (χ0) is 25.9. The Morgan fingerprint density at radius 3 is 1.47 bits per heavy atom. The maximum Gasteiger partial charge on any atom is 0.305 e. The lowest BCUT2D eigenvalue weighted by Gasteiger charge is -2.17. The summed E-state index contributed by atoms with van der Waals surface area (Å²) in [5.41, 5.74) is 0.392. The second kappa shape index (κ2) is 26.5. The number of aliphatic carboxylic acids is 1. The Kier molecular flexibility index (Phi) is 27.4. The molecule has 0 saturated heterocycles. The number of hydrogen-bond acceptors (Lipinski definition) is 3. The third kappa shape index (κ3) is 35.5. The Balaban J connectivity index is 0. The molecule has 0 rings (SSSR count). The van der Waals surface area contributed by atoms with Crippen LogP contribution in [0.4, 0.5) is 0 Å². The molecule has 0 radical (unpaired) electrons. The van der Waals surface area contributed by atoms with Crippen LogP contribution in [0.2, 0.25) is 0 Å². The molecule has 0 unspecified atom stereocenters. The topological polar surface area (TPSA) is 63.6 Å². The fourth-order valence-electron chi connectivity index (χ4n) is 3.83. The molecule has 0 saturated carbocycles. The molecule has 0 aliphatic heterocycles. The van der Waals surface area contributed by atoms with Gasteiger partial charge in [-0.05, 0) is 31.1 Å². The quantitative estimate of drug-likeness (QED) is 0.123. The van der Waals surface area contributed by atoms with Crippen LogP contribution >= 0.6 is 0 Å². The maximum absolute atomic E-state index is 11.6. The van der Waals surface area contributed by atoms with Gasteiger partial charge in [0.2, 0.25) is 0 Å². The first-order valence-electron chi connectivity index (χ1n) is 14.6. The molecule has 0 heterocycles. The normalized spacial score (nSPS) is 11.1. The minimum Gasteiger partial charge on any atom is -0.481 e. The van der Waals surface area contributed by atoms with E-state index in [0.717, 1.165) is 32.1 Å². The summed E-state index contributed by atoms with van der Waals surface area (Å²) in [7, 11) is 0. The molecule has 0 amide bonds. The molecule has 0 aliphatic rings. The van der Waals surface area contributed by atoms with E-state index in [0.29, 0.717) is 24.9 Å². The van der Waals surface area contributed by atoms with Crippen LogP contribution in [0, 0.1) is 5.41 Å². The number of unbranched alkanes of at least 4 members (excludes halogenated alkanes) is 15. The number of esters is 1. The van der Waals surface area contributed by atoms with E-state index in [1.165, 1.54) is 89.9 Å². The second-order valence-corrected chi connectivity index (χ2v) is 11.1. The van der Waals surface area contributed by atoms with Crippen molar-refractivity contribution in [3.8, 4) is 0 Å². The molecule has 0 atom stereocenters. The summed E-state index contributed by atoms with van der Waals surface area (Å²) >= 11 is 0. The zero-order valence-electron chi connectivity index (χ0n) is 23.7. The molecular formula is C30H60O4. The highest BCUT2D eigenvalue weighted by Crippen LogP contribution is 2.22. The summed E-state index contributed by atoms with van der Waals surface area (Å²) < 4.78 is 5.28. The molecule has 1 N–H and O–H groups in total. The minimum absolute atomic E-state index is 0.0107. The zero-order valence-corrected chi connectivity index (χ0v) is 23.7. The second-order valence-electron chi connectivity index (χ2n) is 11.1. The number of carbonyl (C=O) groups excluding carboxylic acids is 1. The summed E-state index contributed by atoms with van der Waals surface area (Å²) in [5.74, 6) is -0.665. The van der Waals surface area contributed by atoms with Crippen LogP contribution in [-0.4, -0.2) is 23.7 Å². The Morgan fingerprint density at radius 1 is 0.588 bits per heavy atom. The van der Waals surface area contributed by atoms with Crippen molar-refractivity contribution in [2.45, 2.75) is 169 Å². The Labute approximate surface area is 213 Å². The molecule has 34 heavy (non-hydrogen) atoms. The highest BCUT2D eigenvalue weighted by molar-refractivity contribution is 5.69. The van der Waals surface area contributed by atoms with Crippen molar-refractivity contribution < 1.29 is 19.4 Å². The molecule has 0 bridgehead atoms. The molecule has 0 aliphatic carbocycles. The van der Waals surface area contributed by atoms with Gasteiger partial charge in [-0.3, -0.25) is 9.59 Å². The standard InChI is InChI=1S/C20H40O2.C10H20O2/c1-3-5-7-9-11-12-13-14-16-18-20(21)22-19-17-15-10-8-6-4-2;1-10(2,3)8-6-4-5-7-9(11)12/h3-19H2,1-2H3;4-8H2,1-3H3,(H,11,12). The fraction of sp³-hybridized carbons (Fsp3) is 0.933. The molecule has 0 aromatic rings. The van der Waals surface area contributed by atoms with E-state index >= 15 is 0 Å². The fourth-order valence-corrected chi connectivity index (χ4v) is 3.83. The number of carboxylic acid groups (broad SMARTS) is 1. The third-order valence-corrected chi connectivity index (χ3v) is 6.06. The first-order valence-corrected chi connectivity index (χ1v) is 14.6. The van der Waals surface area contributed by atoms with Crippen molar-refractivity contribution in [1.82, 2.24) is 0 Å². The summed E-state index contributed by atoms with van der Waals surface area (Å²) in [6.45, 7) is 11.8.